The van der Waals surface area contributed by atoms with Crippen molar-refractivity contribution in [2.75, 3.05) is 27.7 Å². The molecule has 0 amide bonds. The van der Waals surface area contributed by atoms with Crippen LogP contribution >= 0.6 is 0 Å². The largest absolute Gasteiger partial charge is 0.468 e. The second-order valence-corrected chi connectivity index (χ2v) is 4.41. The maximum atomic E-state index is 11.4. The van der Waals surface area contributed by atoms with E-state index in [0.717, 1.165) is 6.42 Å². The first kappa shape index (κ1) is 14.4. The number of nitrogens with zero attached hydrogens (tertiary/aromatic N) is 1. The molecule has 0 aromatic carbocycles. The van der Waals surface area contributed by atoms with E-state index in [9.17, 15) is 4.79 Å². The zero-order chi connectivity index (χ0) is 12.1. The van der Waals surface area contributed by atoms with E-state index in [1.165, 1.54) is 7.11 Å². The molecule has 1 atom stereocenters. The summed E-state index contributed by atoms with van der Waals surface area (Å²) in [6, 6.07) is -0.258. The molecule has 90 valence electrons. The van der Waals surface area contributed by atoms with Crippen molar-refractivity contribution < 1.29 is 9.53 Å². The SMILES string of the molecule is CCC(C)(C)N(C)CC(NC)C(=O)OC. The normalized spacial score (nSPS) is 14.1. The number of methoxy groups -OCH3 is 1. The van der Waals surface area contributed by atoms with Gasteiger partial charge in [-0.2, -0.15) is 0 Å². The third kappa shape index (κ3) is 4.18. The molecule has 0 aromatic heterocycles. The van der Waals surface area contributed by atoms with Crippen LogP contribution in [0.15, 0.2) is 0 Å². The van der Waals surface area contributed by atoms with Gasteiger partial charge in [-0.1, -0.05) is 6.92 Å². The zero-order valence-electron chi connectivity index (χ0n) is 10.8. The van der Waals surface area contributed by atoms with Crippen LogP contribution in [0.3, 0.4) is 0 Å². The number of hydrogen-bond donors (Lipinski definition) is 1. The smallest absolute Gasteiger partial charge is 0.324 e. The zero-order valence-corrected chi connectivity index (χ0v) is 10.8. The first-order valence-corrected chi connectivity index (χ1v) is 5.35. The number of rotatable bonds is 6. The van der Waals surface area contributed by atoms with Crippen LogP contribution in [-0.2, 0) is 9.53 Å². The summed E-state index contributed by atoms with van der Waals surface area (Å²) in [6.45, 7) is 7.13. The summed E-state index contributed by atoms with van der Waals surface area (Å²) >= 11 is 0. The van der Waals surface area contributed by atoms with E-state index in [4.69, 9.17) is 4.74 Å². The van der Waals surface area contributed by atoms with Crippen LogP contribution in [0, 0.1) is 0 Å². The molecule has 0 fully saturated rings. The topological polar surface area (TPSA) is 41.6 Å². The molecule has 0 spiro atoms. The van der Waals surface area contributed by atoms with Crippen LogP contribution in [0.25, 0.3) is 0 Å². The van der Waals surface area contributed by atoms with Gasteiger partial charge in [0.2, 0.25) is 0 Å². The predicted octanol–water partition coefficient (Wildman–Crippen LogP) is 0.868. The summed E-state index contributed by atoms with van der Waals surface area (Å²) in [5, 5.41) is 2.96. The molecule has 0 saturated carbocycles. The van der Waals surface area contributed by atoms with Crippen molar-refractivity contribution in [1.82, 2.24) is 10.2 Å². The van der Waals surface area contributed by atoms with Crippen LogP contribution in [0.1, 0.15) is 27.2 Å². The molecule has 0 radical (unpaired) electrons. The second-order valence-electron chi connectivity index (χ2n) is 4.41. The van der Waals surface area contributed by atoms with Crippen molar-refractivity contribution in [2.24, 2.45) is 0 Å². The van der Waals surface area contributed by atoms with Crippen LogP contribution in [-0.4, -0.2) is 50.2 Å². The summed E-state index contributed by atoms with van der Waals surface area (Å²) in [5.74, 6) is -0.212. The molecule has 0 bridgehead atoms. The summed E-state index contributed by atoms with van der Waals surface area (Å²) < 4.78 is 4.72. The fraction of sp³-hybridized carbons (Fsp3) is 0.909. The fourth-order valence-electron chi connectivity index (χ4n) is 1.22. The summed E-state index contributed by atoms with van der Waals surface area (Å²) in [4.78, 5) is 13.6. The molecule has 0 heterocycles. The van der Waals surface area contributed by atoms with E-state index in [-0.39, 0.29) is 17.6 Å². The Labute approximate surface area is 93.0 Å². The minimum absolute atomic E-state index is 0.100. The first-order valence-electron chi connectivity index (χ1n) is 5.35. The van der Waals surface area contributed by atoms with Crippen molar-refractivity contribution in [2.45, 2.75) is 38.8 Å². The standard InChI is InChI=1S/C11H24N2O2/c1-7-11(2,3)13(5)8-9(12-4)10(14)15-6/h9,12H,7-8H2,1-6H3. The maximum absolute atomic E-state index is 11.4. The van der Waals surface area contributed by atoms with E-state index in [1.54, 1.807) is 7.05 Å². The lowest BCUT2D eigenvalue weighted by Crippen LogP contribution is -2.50. The van der Waals surface area contributed by atoms with Crippen molar-refractivity contribution in [3.05, 3.63) is 0 Å². The van der Waals surface area contributed by atoms with Crippen LogP contribution in [0.4, 0.5) is 0 Å². The number of ether oxygens (including phenoxy) is 1. The van der Waals surface area contributed by atoms with Gasteiger partial charge < -0.3 is 10.1 Å². The third-order valence-corrected chi connectivity index (χ3v) is 3.19. The minimum Gasteiger partial charge on any atom is -0.468 e. The van der Waals surface area contributed by atoms with E-state index >= 15 is 0 Å². The number of carbonyl (C=O) groups is 1. The van der Waals surface area contributed by atoms with E-state index < -0.39 is 0 Å². The summed E-state index contributed by atoms with van der Waals surface area (Å²) in [7, 11) is 5.21. The number of nitrogens with one attached hydrogen (secondary N) is 1. The number of hydrogen-bond acceptors (Lipinski definition) is 4. The van der Waals surface area contributed by atoms with Crippen LogP contribution in [0.2, 0.25) is 0 Å². The molecule has 0 aliphatic heterocycles. The average Bonchev–Trinajstić information content (AvgIpc) is 2.24. The molecule has 4 nitrogen and oxygen atoms in total. The van der Waals surface area contributed by atoms with Gasteiger partial charge in [-0.05, 0) is 34.4 Å². The van der Waals surface area contributed by atoms with Crippen LogP contribution in [0.5, 0.6) is 0 Å². The van der Waals surface area contributed by atoms with Crippen molar-refractivity contribution >= 4 is 5.97 Å². The van der Waals surface area contributed by atoms with Crippen molar-refractivity contribution in [3.63, 3.8) is 0 Å². The molecule has 15 heavy (non-hydrogen) atoms. The molecule has 0 saturated heterocycles. The molecule has 0 rings (SSSR count). The molecule has 1 unspecified atom stereocenters. The van der Waals surface area contributed by atoms with Gasteiger partial charge in [-0.25, -0.2) is 0 Å². The summed E-state index contributed by atoms with van der Waals surface area (Å²) in [5.41, 5.74) is 0.100. The lowest BCUT2D eigenvalue weighted by Gasteiger charge is -2.36. The Balaban J connectivity index is 4.36. The van der Waals surface area contributed by atoms with Gasteiger partial charge in [-0.15, -0.1) is 0 Å². The van der Waals surface area contributed by atoms with Gasteiger partial charge in [0.1, 0.15) is 6.04 Å². The van der Waals surface area contributed by atoms with Crippen molar-refractivity contribution in [1.29, 1.82) is 0 Å². The van der Waals surface area contributed by atoms with Crippen LogP contribution < -0.4 is 5.32 Å². The summed E-state index contributed by atoms with van der Waals surface area (Å²) in [6.07, 6.45) is 1.04. The fourth-order valence-corrected chi connectivity index (χ4v) is 1.22. The number of likely N-dealkylation sites (N-methyl/N-ethyl adjacent to an activating group) is 2. The first-order chi connectivity index (χ1) is 6.88. The Kier molecular flexibility index (Phi) is 5.83. The van der Waals surface area contributed by atoms with Gasteiger partial charge >= 0.3 is 5.97 Å². The average molecular weight is 216 g/mol. The Bertz CT molecular complexity index is 205. The molecule has 1 N–H and O–H groups in total. The van der Waals surface area contributed by atoms with Gasteiger partial charge in [0.15, 0.2) is 0 Å². The number of carbonyl (C=O) groups excluding carboxylic acids is 1. The van der Waals surface area contributed by atoms with Gasteiger partial charge in [0.25, 0.3) is 0 Å². The highest BCUT2D eigenvalue weighted by Gasteiger charge is 2.26. The molecule has 0 aromatic rings. The van der Waals surface area contributed by atoms with Gasteiger partial charge in [0.05, 0.1) is 7.11 Å². The Morgan fingerprint density at radius 1 is 1.53 bits per heavy atom. The second kappa shape index (κ2) is 6.08. The molecule has 4 heteroatoms. The van der Waals surface area contributed by atoms with E-state index in [0.29, 0.717) is 6.54 Å². The minimum atomic E-state index is -0.258. The van der Waals surface area contributed by atoms with Gasteiger partial charge in [-0.3, -0.25) is 9.69 Å². The quantitative estimate of drug-likeness (QED) is 0.669. The third-order valence-electron chi connectivity index (χ3n) is 3.19. The highest BCUT2D eigenvalue weighted by Crippen LogP contribution is 2.16. The maximum Gasteiger partial charge on any atom is 0.324 e. The lowest BCUT2D eigenvalue weighted by atomic mass is 9.99. The highest BCUT2D eigenvalue weighted by atomic mass is 16.5. The molecule has 0 aliphatic rings. The molecular weight excluding hydrogens is 192 g/mol. The van der Waals surface area contributed by atoms with Gasteiger partial charge in [0, 0.05) is 12.1 Å². The van der Waals surface area contributed by atoms with E-state index in [1.807, 2.05) is 7.05 Å². The predicted molar refractivity (Wildman–Crippen MR) is 61.9 cm³/mol. The Morgan fingerprint density at radius 2 is 2.07 bits per heavy atom. The van der Waals surface area contributed by atoms with Crippen molar-refractivity contribution in [3.8, 4) is 0 Å². The highest BCUT2D eigenvalue weighted by molar-refractivity contribution is 5.75. The Morgan fingerprint density at radius 3 is 2.40 bits per heavy atom. The molecule has 0 aliphatic carbocycles. The van der Waals surface area contributed by atoms with E-state index in [2.05, 4.69) is 31.0 Å². The number of esters is 1. The molecular formula is C11H24N2O2. The Hall–Kier alpha value is -0.610. The lowest BCUT2D eigenvalue weighted by molar-refractivity contribution is -0.143. The monoisotopic (exact) mass is 216 g/mol.